The highest BCUT2D eigenvalue weighted by Crippen LogP contribution is 2.27. The first-order chi connectivity index (χ1) is 9.49. The SMILES string of the molecule is O=C(O)[C@H]1CCN(C(=O)CCc2cccc(Cl)c2Cl)C1. The largest absolute Gasteiger partial charge is 0.481 e. The van der Waals surface area contributed by atoms with Crippen LogP contribution in [0.2, 0.25) is 10.0 Å². The monoisotopic (exact) mass is 315 g/mol. The Kier molecular flexibility index (Phi) is 4.89. The molecule has 20 heavy (non-hydrogen) atoms. The van der Waals surface area contributed by atoms with E-state index in [2.05, 4.69) is 0 Å². The fourth-order valence-corrected chi connectivity index (χ4v) is 2.74. The molecule has 1 atom stereocenters. The first-order valence-corrected chi connectivity index (χ1v) is 7.18. The van der Waals surface area contributed by atoms with Crippen molar-refractivity contribution in [2.45, 2.75) is 19.3 Å². The summed E-state index contributed by atoms with van der Waals surface area (Å²) in [7, 11) is 0. The summed E-state index contributed by atoms with van der Waals surface area (Å²) < 4.78 is 0. The number of likely N-dealkylation sites (tertiary alicyclic amines) is 1. The lowest BCUT2D eigenvalue weighted by atomic mass is 10.1. The Morgan fingerprint density at radius 1 is 1.35 bits per heavy atom. The van der Waals surface area contributed by atoms with Crippen LogP contribution in [0.5, 0.6) is 0 Å². The van der Waals surface area contributed by atoms with E-state index in [1.54, 1.807) is 17.0 Å². The summed E-state index contributed by atoms with van der Waals surface area (Å²) >= 11 is 12.0. The minimum absolute atomic E-state index is 0.0372. The lowest BCUT2D eigenvalue weighted by Crippen LogP contribution is -2.30. The van der Waals surface area contributed by atoms with Gasteiger partial charge in [-0.3, -0.25) is 9.59 Å². The van der Waals surface area contributed by atoms with Crippen molar-refractivity contribution in [2.75, 3.05) is 13.1 Å². The number of carbonyl (C=O) groups is 2. The zero-order valence-corrected chi connectivity index (χ0v) is 12.3. The smallest absolute Gasteiger partial charge is 0.308 e. The van der Waals surface area contributed by atoms with E-state index in [9.17, 15) is 9.59 Å². The second-order valence-electron chi connectivity index (χ2n) is 4.88. The molecule has 0 radical (unpaired) electrons. The molecule has 0 aromatic heterocycles. The molecular formula is C14H15Cl2NO3. The summed E-state index contributed by atoms with van der Waals surface area (Å²) in [6, 6.07) is 5.34. The van der Waals surface area contributed by atoms with Crippen molar-refractivity contribution in [1.82, 2.24) is 4.90 Å². The molecule has 0 bridgehead atoms. The van der Waals surface area contributed by atoms with Gasteiger partial charge in [0.15, 0.2) is 0 Å². The first kappa shape index (κ1) is 15.1. The minimum atomic E-state index is -0.835. The molecule has 1 amide bonds. The van der Waals surface area contributed by atoms with Gasteiger partial charge in [0, 0.05) is 19.5 Å². The molecule has 108 valence electrons. The zero-order valence-electron chi connectivity index (χ0n) is 10.8. The van der Waals surface area contributed by atoms with Crippen molar-refractivity contribution in [2.24, 2.45) is 5.92 Å². The predicted octanol–water partition coefficient (Wildman–Crippen LogP) is 2.86. The van der Waals surface area contributed by atoms with Crippen molar-refractivity contribution in [3.8, 4) is 0 Å². The van der Waals surface area contributed by atoms with E-state index in [1.165, 1.54) is 0 Å². The number of carboxylic acid groups (broad SMARTS) is 1. The molecule has 1 saturated heterocycles. The number of aryl methyl sites for hydroxylation is 1. The Balaban J connectivity index is 1.90. The highest BCUT2D eigenvalue weighted by molar-refractivity contribution is 6.42. The first-order valence-electron chi connectivity index (χ1n) is 6.42. The third kappa shape index (κ3) is 3.44. The fraction of sp³-hybridized carbons (Fsp3) is 0.429. The number of benzene rings is 1. The van der Waals surface area contributed by atoms with Crippen LogP contribution in [0.1, 0.15) is 18.4 Å². The Bertz CT molecular complexity index is 533. The normalized spacial score (nSPS) is 18.3. The molecule has 1 aliphatic heterocycles. The summed E-state index contributed by atoms with van der Waals surface area (Å²) in [5.41, 5.74) is 0.835. The van der Waals surface area contributed by atoms with Gasteiger partial charge >= 0.3 is 5.97 Å². The number of nitrogens with zero attached hydrogens (tertiary/aromatic N) is 1. The van der Waals surface area contributed by atoms with Crippen molar-refractivity contribution >= 4 is 35.1 Å². The van der Waals surface area contributed by atoms with Gasteiger partial charge in [-0.25, -0.2) is 0 Å². The topological polar surface area (TPSA) is 57.6 Å². The van der Waals surface area contributed by atoms with Gasteiger partial charge in [-0.2, -0.15) is 0 Å². The Morgan fingerprint density at radius 3 is 2.75 bits per heavy atom. The van der Waals surface area contributed by atoms with Gasteiger partial charge in [0.2, 0.25) is 5.91 Å². The van der Waals surface area contributed by atoms with Crippen LogP contribution in [0, 0.1) is 5.92 Å². The number of halogens is 2. The van der Waals surface area contributed by atoms with Gasteiger partial charge in [0.25, 0.3) is 0 Å². The van der Waals surface area contributed by atoms with Crippen molar-refractivity contribution in [3.63, 3.8) is 0 Å². The summed E-state index contributed by atoms with van der Waals surface area (Å²) in [6.45, 7) is 0.816. The second kappa shape index (κ2) is 6.46. The standard InChI is InChI=1S/C14H15Cl2NO3/c15-11-3-1-2-9(13(11)16)4-5-12(18)17-7-6-10(8-17)14(19)20/h1-3,10H,4-8H2,(H,19,20)/t10-/m0/s1. The Labute approximate surface area is 127 Å². The highest BCUT2D eigenvalue weighted by atomic mass is 35.5. The van der Waals surface area contributed by atoms with Gasteiger partial charge < -0.3 is 10.0 Å². The molecule has 6 heteroatoms. The number of amides is 1. The van der Waals surface area contributed by atoms with Gasteiger partial charge in [0.1, 0.15) is 0 Å². The third-order valence-electron chi connectivity index (χ3n) is 3.53. The summed E-state index contributed by atoms with van der Waals surface area (Å²) in [5, 5.41) is 9.87. The average molecular weight is 316 g/mol. The van der Waals surface area contributed by atoms with Crippen molar-refractivity contribution < 1.29 is 14.7 Å². The number of rotatable bonds is 4. The van der Waals surface area contributed by atoms with Crippen LogP contribution in [0.4, 0.5) is 0 Å². The van der Waals surface area contributed by atoms with E-state index in [0.717, 1.165) is 5.56 Å². The zero-order chi connectivity index (χ0) is 14.7. The number of aliphatic carboxylic acids is 1. The second-order valence-corrected chi connectivity index (χ2v) is 5.66. The van der Waals surface area contributed by atoms with Crippen molar-refractivity contribution in [1.29, 1.82) is 0 Å². The molecule has 1 aromatic rings. The molecule has 0 unspecified atom stereocenters. The van der Waals surface area contributed by atoms with Gasteiger partial charge in [0.05, 0.1) is 16.0 Å². The summed E-state index contributed by atoms with van der Waals surface area (Å²) in [5.74, 6) is -1.31. The van der Waals surface area contributed by atoms with Crippen LogP contribution in [0.25, 0.3) is 0 Å². The molecule has 0 aliphatic carbocycles. The van der Waals surface area contributed by atoms with Crippen LogP contribution in [-0.2, 0) is 16.0 Å². The molecule has 0 spiro atoms. The summed E-state index contributed by atoms with van der Waals surface area (Å²) in [4.78, 5) is 24.5. The fourth-order valence-electron chi connectivity index (χ4n) is 2.33. The molecule has 0 saturated carbocycles. The molecule has 1 heterocycles. The number of hydrogen-bond acceptors (Lipinski definition) is 2. The minimum Gasteiger partial charge on any atom is -0.481 e. The number of carbonyl (C=O) groups excluding carboxylic acids is 1. The molecule has 2 rings (SSSR count). The lowest BCUT2D eigenvalue weighted by Gasteiger charge is -2.16. The van der Waals surface area contributed by atoms with E-state index in [4.69, 9.17) is 28.3 Å². The molecule has 1 aromatic carbocycles. The van der Waals surface area contributed by atoms with Crippen LogP contribution < -0.4 is 0 Å². The highest BCUT2D eigenvalue weighted by Gasteiger charge is 2.30. The van der Waals surface area contributed by atoms with E-state index >= 15 is 0 Å². The van der Waals surface area contributed by atoms with Crippen LogP contribution in [0.15, 0.2) is 18.2 Å². The molecule has 1 N–H and O–H groups in total. The third-order valence-corrected chi connectivity index (χ3v) is 4.39. The lowest BCUT2D eigenvalue weighted by molar-refractivity contribution is -0.141. The summed E-state index contributed by atoms with van der Waals surface area (Å²) in [6.07, 6.45) is 1.35. The van der Waals surface area contributed by atoms with Crippen molar-refractivity contribution in [3.05, 3.63) is 33.8 Å². The van der Waals surface area contributed by atoms with E-state index < -0.39 is 11.9 Å². The predicted molar refractivity (Wildman–Crippen MR) is 77.1 cm³/mol. The maximum Gasteiger partial charge on any atom is 0.308 e. The number of hydrogen-bond donors (Lipinski definition) is 1. The Hall–Kier alpha value is -1.26. The van der Waals surface area contributed by atoms with Gasteiger partial charge in [-0.1, -0.05) is 35.3 Å². The van der Waals surface area contributed by atoms with Crippen LogP contribution in [0.3, 0.4) is 0 Å². The van der Waals surface area contributed by atoms with E-state index in [-0.39, 0.29) is 5.91 Å². The molecule has 1 aliphatic rings. The molecular weight excluding hydrogens is 301 g/mol. The molecule has 1 fully saturated rings. The van der Waals surface area contributed by atoms with Gasteiger partial charge in [-0.05, 0) is 24.5 Å². The average Bonchev–Trinajstić information content (AvgIpc) is 2.90. The maximum absolute atomic E-state index is 12.0. The van der Waals surface area contributed by atoms with Gasteiger partial charge in [-0.15, -0.1) is 0 Å². The number of carboxylic acids is 1. The van der Waals surface area contributed by atoms with Crippen LogP contribution in [-0.4, -0.2) is 35.0 Å². The maximum atomic E-state index is 12.0. The Morgan fingerprint density at radius 2 is 2.10 bits per heavy atom. The van der Waals surface area contributed by atoms with E-state index in [0.29, 0.717) is 42.4 Å². The van der Waals surface area contributed by atoms with Crippen LogP contribution >= 0.6 is 23.2 Å². The molecule has 4 nitrogen and oxygen atoms in total. The van der Waals surface area contributed by atoms with E-state index in [1.807, 2.05) is 6.07 Å². The quantitative estimate of drug-likeness (QED) is 0.929.